The highest BCUT2D eigenvalue weighted by Gasteiger charge is 2.07. The van der Waals surface area contributed by atoms with E-state index in [0.717, 1.165) is 0 Å². The first kappa shape index (κ1) is 7.93. The van der Waals surface area contributed by atoms with E-state index in [1.807, 2.05) is 0 Å². The number of halogens is 1. The Hall–Kier alpha value is -1.69. The standard InChI is InChI=1S/C6H5ClN6/c7-4-11-5(8)13(12-4)6-9-2-1-3-10-6/h1-3H,(H2,8,11,12). The van der Waals surface area contributed by atoms with Crippen LogP contribution in [0.4, 0.5) is 5.95 Å². The topological polar surface area (TPSA) is 82.5 Å². The molecule has 0 saturated heterocycles. The fourth-order valence-corrected chi connectivity index (χ4v) is 1.01. The number of hydrogen-bond donors (Lipinski definition) is 1. The molecular weight excluding hydrogens is 192 g/mol. The van der Waals surface area contributed by atoms with Crippen LogP contribution in [0.15, 0.2) is 18.5 Å². The Bertz CT molecular complexity index is 410. The van der Waals surface area contributed by atoms with Crippen LogP contribution in [0.25, 0.3) is 5.95 Å². The summed E-state index contributed by atoms with van der Waals surface area (Å²) in [5.41, 5.74) is 5.50. The van der Waals surface area contributed by atoms with Crippen molar-refractivity contribution in [1.82, 2.24) is 24.7 Å². The van der Waals surface area contributed by atoms with E-state index in [1.54, 1.807) is 18.5 Å². The van der Waals surface area contributed by atoms with Crippen molar-refractivity contribution in [3.8, 4) is 5.95 Å². The number of nitrogens with two attached hydrogens (primary N) is 1. The molecule has 0 bridgehead atoms. The summed E-state index contributed by atoms with van der Waals surface area (Å²) in [6, 6.07) is 1.69. The molecule has 0 amide bonds. The number of nitrogens with zero attached hydrogens (tertiary/aromatic N) is 5. The zero-order chi connectivity index (χ0) is 9.26. The first-order chi connectivity index (χ1) is 6.27. The second kappa shape index (κ2) is 2.98. The lowest BCUT2D eigenvalue weighted by atomic mass is 10.7. The highest BCUT2D eigenvalue weighted by molar-refractivity contribution is 6.28. The van der Waals surface area contributed by atoms with E-state index in [4.69, 9.17) is 17.3 Å². The minimum absolute atomic E-state index is 0.0740. The summed E-state index contributed by atoms with van der Waals surface area (Å²) in [6.07, 6.45) is 3.16. The number of aromatic nitrogens is 5. The van der Waals surface area contributed by atoms with Gasteiger partial charge in [-0.25, -0.2) is 9.97 Å². The summed E-state index contributed by atoms with van der Waals surface area (Å²) in [5, 5.41) is 3.88. The van der Waals surface area contributed by atoms with Gasteiger partial charge >= 0.3 is 0 Å². The molecule has 0 aliphatic rings. The quantitative estimate of drug-likeness (QED) is 0.709. The number of hydrogen-bond acceptors (Lipinski definition) is 5. The zero-order valence-corrected chi connectivity index (χ0v) is 7.18. The van der Waals surface area contributed by atoms with Crippen molar-refractivity contribution in [2.24, 2.45) is 0 Å². The normalized spacial score (nSPS) is 10.2. The Morgan fingerprint density at radius 1 is 1.31 bits per heavy atom. The van der Waals surface area contributed by atoms with Gasteiger partial charge in [0.05, 0.1) is 0 Å². The Kier molecular flexibility index (Phi) is 1.82. The van der Waals surface area contributed by atoms with Gasteiger partial charge in [-0.15, -0.1) is 5.10 Å². The van der Waals surface area contributed by atoms with Gasteiger partial charge in [-0.2, -0.15) is 9.67 Å². The maximum absolute atomic E-state index is 5.54. The van der Waals surface area contributed by atoms with Gasteiger partial charge in [-0.3, -0.25) is 0 Å². The molecule has 13 heavy (non-hydrogen) atoms. The van der Waals surface area contributed by atoms with Crippen LogP contribution >= 0.6 is 11.6 Å². The summed E-state index contributed by atoms with van der Waals surface area (Å²) in [5.74, 6) is 0.510. The third kappa shape index (κ3) is 1.43. The van der Waals surface area contributed by atoms with Crippen LogP contribution in [0.5, 0.6) is 0 Å². The van der Waals surface area contributed by atoms with Crippen molar-refractivity contribution in [3.05, 3.63) is 23.7 Å². The lowest BCUT2D eigenvalue weighted by Gasteiger charge is -1.97. The van der Waals surface area contributed by atoms with Gasteiger partial charge in [0.1, 0.15) is 0 Å². The van der Waals surface area contributed by atoms with Crippen LogP contribution in [0.1, 0.15) is 0 Å². The summed E-state index contributed by atoms with van der Waals surface area (Å²) >= 11 is 5.54. The summed E-state index contributed by atoms with van der Waals surface area (Å²) in [4.78, 5) is 11.6. The van der Waals surface area contributed by atoms with Crippen molar-refractivity contribution in [1.29, 1.82) is 0 Å². The van der Waals surface area contributed by atoms with Gasteiger partial charge < -0.3 is 5.73 Å². The van der Waals surface area contributed by atoms with Crippen molar-refractivity contribution in [2.45, 2.75) is 0 Å². The fraction of sp³-hybridized carbons (Fsp3) is 0. The molecule has 2 aromatic rings. The molecule has 0 unspecified atom stereocenters. The minimum atomic E-state index is 0.0740. The van der Waals surface area contributed by atoms with Gasteiger partial charge in [-0.05, 0) is 17.7 Å². The van der Waals surface area contributed by atoms with E-state index < -0.39 is 0 Å². The van der Waals surface area contributed by atoms with Gasteiger partial charge in [0.25, 0.3) is 5.95 Å². The van der Waals surface area contributed by atoms with Crippen molar-refractivity contribution < 1.29 is 0 Å². The average Bonchev–Trinajstić information content (AvgIpc) is 2.47. The molecule has 0 radical (unpaired) electrons. The first-order valence-corrected chi connectivity index (χ1v) is 3.80. The van der Waals surface area contributed by atoms with Crippen LogP contribution in [-0.4, -0.2) is 24.7 Å². The molecule has 0 spiro atoms. The largest absolute Gasteiger partial charge is 0.368 e. The molecule has 2 N–H and O–H groups in total. The average molecular weight is 197 g/mol. The SMILES string of the molecule is Nc1nc(Cl)nn1-c1ncccn1. The summed E-state index contributed by atoms with van der Waals surface area (Å²) in [7, 11) is 0. The molecule has 66 valence electrons. The molecule has 2 heterocycles. The Labute approximate surface area is 78.4 Å². The van der Waals surface area contributed by atoms with E-state index in [-0.39, 0.29) is 11.2 Å². The third-order valence-corrected chi connectivity index (χ3v) is 1.51. The lowest BCUT2D eigenvalue weighted by Crippen LogP contribution is -2.05. The zero-order valence-electron chi connectivity index (χ0n) is 6.42. The molecule has 2 aromatic heterocycles. The smallest absolute Gasteiger partial charge is 0.253 e. The number of anilines is 1. The predicted octanol–water partition coefficient (Wildman–Crippen LogP) is 0.293. The van der Waals surface area contributed by atoms with Gasteiger partial charge in [-0.1, -0.05) is 0 Å². The molecule has 0 aliphatic carbocycles. The highest BCUT2D eigenvalue weighted by atomic mass is 35.5. The second-order valence-electron chi connectivity index (χ2n) is 2.20. The van der Waals surface area contributed by atoms with Crippen molar-refractivity contribution >= 4 is 17.5 Å². The first-order valence-electron chi connectivity index (χ1n) is 3.43. The molecule has 0 saturated carbocycles. The van der Waals surface area contributed by atoms with Gasteiger partial charge in [0, 0.05) is 12.4 Å². The van der Waals surface area contributed by atoms with E-state index in [1.165, 1.54) is 4.68 Å². The molecular formula is C6H5ClN6. The molecule has 0 aliphatic heterocycles. The Balaban J connectivity index is 2.53. The Morgan fingerprint density at radius 3 is 2.54 bits per heavy atom. The molecule has 0 atom stereocenters. The van der Waals surface area contributed by atoms with Crippen LogP contribution in [0.2, 0.25) is 5.28 Å². The maximum Gasteiger partial charge on any atom is 0.253 e. The molecule has 7 heteroatoms. The monoisotopic (exact) mass is 196 g/mol. The minimum Gasteiger partial charge on any atom is -0.368 e. The molecule has 6 nitrogen and oxygen atoms in total. The highest BCUT2D eigenvalue weighted by Crippen LogP contribution is 2.08. The molecule has 0 fully saturated rings. The van der Waals surface area contributed by atoms with Crippen molar-refractivity contribution in [2.75, 3.05) is 5.73 Å². The van der Waals surface area contributed by atoms with E-state index in [0.29, 0.717) is 5.95 Å². The van der Waals surface area contributed by atoms with E-state index in [2.05, 4.69) is 20.1 Å². The van der Waals surface area contributed by atoms with Gasteiger partial charge in [0.2, 0.25) is 11.2 Å². The third-order valence-electron chi connectivity index (χ3n) is 1.35. The van der Waals surface area contributed by atoms with Crippen LogP contribution < -0.4 is 5.73 Å². The van der Waals surface area contributed by atoms with Crippen LogP contribution in [0, 0.1) is 0 Å². The number of nitrogen functional groups attached to an aromatic ring is 1. The van der Waals surface area contributed by atoms with Crippen LogP contribution in [0.3, 0.4) is 0 Å². The van der Waals surface area contributed by atoms with Crippen LogP contribution in [-0.2, 0) is 0 Å². The predicted molar refractivity (Wildman–Crippen MR) is 46.4 cm³/mol. The van der Waals surface area contributed by atoms with Gasteiger partial charge in [0.15, 0.2) is 0 Å². The number of rotatable bonds is 1. The Morgan fingerprint density at radius 2 is 2.00 bits per heavy atom. The fourth-order valence-electron chi connectivity index (χ4n) is 0.846. The van der Waals surface area contributed by atoms with E-state index in [9.17, 15) is 0 Å². The molecule has 0 aromatic carbocycles. The molecule has 2 rings (SSSR count). The summed E-state index contributed by atoms with van der Waals surface area (Å²) in [6.45, 7) is 0. The summed E-state index contributed by atoms with van der Waals surface area (Å²) < 4.78 is 1.27. The maximum atomic E-state index is 5.54. The lowest BCUT2D eigenvalue weighted by molar-refractivity contribution is 0.817. The van der Waals surface area contributed by atoms with E-state index >= 15 is 0 Å². The van der Waals surface area contributed by atoms with Crippen molar-refractivity contribution in [3.63, 3.8) is 0 Å². The second-order valence-corrected chi connectivity index (χ2v) is 2.54.